The van der Waals surface area contributed by atoms with Gasteiger partial charge in [0.2, 0.25) is 0 Å². The molecule has 122 valence electrons. The van der Waals surface area contributed by atoms with Crippen LogP contribution in [0.3, 0.4) is 0 Å². The molecule has 0 saturated carbocycles. The molecule has 0 aromatic heterocycles. The number of hydrogen-bond donors (Lipinski definition) is 1. The topological polar surface area (TPSA) is 47.9 Å². The number of hydrogen-bond acceptors (Lipinski definition) is 4. The van der Waals surface area contributed by atoms with Gasteiger partial charge in [0.25, 0.3) is 0 Å². The van der Waals surface area contributed by atoms with Gasteiger partial charge in [0.15, 0.2) is 5.79 Å². The second kappa shape index (κ2) is 4.02. The van der Waals surface area contributed by atoms with E-state index >= 15 is 0 Å². The van der Waals surface area contributed by atoms with Gasteiger partial charge >= 0.3 is 0 Å². The largest absolute Gasteiger partial charge is 0.389 e. The molecule has 0 amide bonds. The van der Waals surface area contributed by atoms with E-state index in [1.165, 1.54) is 0 Å². The smallest absolute Gasteiger partial charge is 0.164 e. The minimum atomic E-state index is -0.759. The third-order valence-corrected chi connectivity index (χ3v) is 6.20. The van der Waals surface area contributed by atoms with E-state index in [9.17, 15) is 5.11 Å². The van der Waals surface area contributed by atoms with Crippen molar-refractivity contribution < 1.29 is 19.3 Å². The van der Waals surface area contributed by atoms with Gasteiger partial charge in [-0.05, 0) is 39.5 Å². The molecule has 4 nitrogen and oxygen atoms in total. The molecule has 21 heavy (non-hydrogen) atoms. The lowest BCUT2D eigenvalue weighted by Gasteiger charge is -2.53. The first kappa shape index (κ1) is 15.7. The summed E-state index contributed by atoms with van der Waals surface area (Å²) in [6.07, 6.45) is 1.89. The van der Waals surface area contributed by atoms with Crippen LogP contribution in [0.15, 0.2) is 0 Å². The van der Waals surface area contributed by atoms with Gasteiger partial charge in [-0.3, -0.25) is 0 Å². The Morgan fingerprint density at radius 2 is 1.43 bits per heavy atom. The van der Waals surface area contributed by atoms with Crippen LogP contribution in [0.4, 0.5) is 0 Å². The first-order valence-corrected chi connectivity index (χ1v) is 8.15. The molecule has 4 heteroatoms. The molecule has 5 atom stereocenters. The summed E-state index contributed by atoms with van der Waals surface area (Å²) in [5.41, 5.74) is -1.91. The molecule has 0 unspecified atom stereocenters. The lowest BCUT2D eigenvalue weighted by molar-refractivity contribution is -0.282. The highest BCUT2D eigenvalue weighted by atomic mass is 16.8. The van der Waals surface area contributed by atoms with E-state index in [2.05, 4.69) is 34.6 Å². The molecule has 2 bridgehead atoms. The van der Waals surface area contributed by atoms with E-state index < -0.39 is 22.6 Å². The molecule has 3 rings (SSSR count). The monoisotopic (exact) mass is 298 g/mol. The van der Waals surface area contributed by atoms with Gasteiger partial charge < -0.3 is 19.3 Å². The maximum atomic E-state index is 11.4. The van der Waals surface area contributed by atoms with E-state index in [4.69, 9.17) is 14.2 Å². The molecule has 3 fully saturated rings. The van der Waals surface area contributed by atoms with Crippen LogP contribution in [0.25, 0.3) is 0 Å². The third kappa shape index (κ3) is 2.03. The van der Waals surface area contributed by atoms with Crippen molar-refractivity contribution in [2.24, 2.45) is 5.41 Å². The zero-order valence-electron chi connectivity index (χ0n) is 14.4. The summed E-state index contributed by atoms with van der Waals surface area (Å²) in [5.74, 6) is -0.572. The quantitative estimate of drug-likeness (QED) is 0.851. The van der Waals surface area contributed by atoms with E-state index in [1.54, 1.807) is 0 Å². The Morgan fingerprint density at radius 1 is 1.00 bits per heavy atom. The van der Waals surface area contributed by atoms with Crippen LogP contribution in [-0.2, 0) is 14.2 Å². The summed E-state index contributed by atoms with van der Waals surface area (Å²) >= 11 is 0. The van der Waals surface area contributed by atoms with Gasteiger partial charge in [-0.25, -0.2) is 0 Å². The van der Waals surface area contributed by atoms with Crippen LogP contribution in [0.5, 0.6) is 0 Å². The zero-order valence-corrected chi connectivity index (χ0v) is 14.4. The first-order valence-electron chi connectivity index (χ1n) is 8.15. The summed E-state index contributed by atoms with van der Waals surface area (Å²) in [7, 11) is 0. The van der Waals surface area contributed by atoms with Crippen molar-refractivity contribution in [1.29, 1.82) is 0 Å². The zero-order chi connectivity index (χ0) is 15.9. The first-order chi connectivity index (χ1) is 9.37. The summed E-state index contributed by atoms with van der Waals surface area (Å²) in [4.78, 5) is 0. The number of fused-ring (bicyclic) bond motifs is 5. The Kier molecular flexibility index (Phi) is 3.01. The average Bonchev–Trinajstić information content (AvgIpc) is 2.70. The van der Waals surface area contributed by atoms with Crippen LogP contribution in [-0.4, -0.2) is 39.9 Å². The summed E-state index contributed by atoms with van der Waals surface area (Å²) < 4.78 is 18.6. The van der Waals surface area contributed by atoms with Crippen molar-refractivity contribution >= 4 is 0 Å². The number of ether oxygens (including phenoxy) is 3. The van der Waals surface area contributed by atoms with Gasteiger partial charge in [0.1, 0.15) is 12.2 Å². The van der Waals surface area contributed by atoms with E-state index in [0.717, 1.165) is 6.42 Å². The van der Waals surface area contributed by atoms with Gasteiger partial charge in [0.05, 0.1) is 16.8 Å². The normalized spacial score (nSPS) is 52.0. The van der Waals surface area contributed by atoms with Crippen molar-refractivity contribution in [3.8, 4) is 0 Å². The summed E-state index contributed by atoms with van der Waals surface area (Å²) in [6, 6.07) is 0. The van der Waals surface area contributed by atoms with E-state index in [-0.39, 0.29) is 17.6 Å². The predicted molar refractivity (Wildman–Crippen MR) is 80.0 cm³/mol. The molecule has 3 aliphatic rings. The molecular formula is C17H30O4. The molecule has 0 aromatic carbocycles. The molecule has 3 saturated heterocycles. The van der Waals surface area contributed by atoms with Crippen molar-refractivity contribution in [2.45, 2.75) is 103 Å². The highest BCUT2D eigenvalue weighted by molar-refractivity contribution is 5.20. The molecule has 0 aromatic rings. The lowest BCUT2D eigenvalue weighted by Crippen LogP contribution is -2.60. The molecule has 1 N–H and O–H groups in total. The molecule has 0 radical (unpaired) electrons. The highest BCUT2D eigenvalue weighted by Crippen LogP contribution is 2.61. The minimum absolute atomic E-state index is 0.112. The molecule has 3 heterocycles. The van der Waals surface area contributed by atoms with Crippen LogP contribution in [0, 0.1) is 5.41 Å². The molecule has 0 aliphatic carbocycles. The second-order valence-electron chi connectivity index (χ2n) is 8.83. The van der Waals surface area contributed by atoms with Crippen molar-refractivity contribution in [2.75, 3.05) is 0 Å². The lowest BCUT2D eigenvalue weighted by atomic mass is 9.64. The van der Waals surface area contributed by atoms with Crippen LogP contribution in [0.1, 0.15) is 67.7 Å². The van der Waals surface area contributed by atoms with Gasteiger partial charge in [-0.15, -0.1) is 0 Å². The van der Waals surface area contributed by atoms with Gasteiger partial charge in [0, 0.05) is 12.8 Å². The van der Waals surface area contributed by atoms with E-state index in [0.29, 0.717) is 12.8 Å². The molecule has 0 spiro atoms. The SMILES string of the molecule is CCC(C)(C)[C@@]1(O)C[C@@]2(C)O[C@@](C)(C1)[C@@H]1OC(C)(C)O[C@@H]12. The summed E-state index contributed by atoms with van der Waals surface area (Å²) in [5, 5.41) is 11.4. The van der Waals surface area contributed by atoms with Gasteiger partial charge in [-0.1, -0.05) is 20.8 Å². The standard InChI is InChI=1S/C17H30O4/c1-8-13(2,3)17(18)9-15(6)11-12(16(7,10-17)21-15)20-14(4,5)19-11/h11-12,18H,8-10H2,1-7H3/t11-,12+,15+,16-,17+. The van der Waals surface area contributed by atoms with Crippen molar-refractivity contribution in [1.82, 2.24) is 0 Å². The van der Waals surface area contributed by atoms with Crippen LogP contribution < -0.4 is 0 Å². The maximum absolute atomic E-state index is 11.4. The van der Waals surface area contributed by atoms with Crippen molar-refractivity contribution in [3.05, 3.63) is 0 Å². The Balaban J connectivity index is 2.00. The molecule has 3 aliphatic heterocycles. The van der Waals surface area contributed by atoms with Crippen LogP contribution >= 0.6 is 0 Å². The highest BCUT2D eigenvalue weighted by Gasteiger charge is 2.72. The Labute approximate surface area is 128 Å². The number of aliphatic hydroxyl groups is 1. The van der Waals surface area contributed by atoms with Gasteiger partial charge in [-0.2, -0.15) is 0 Å². The molecular weight excluding hydrogens is 268 g/mol. The maximum Gasteiger partial charge on any atom is 0.164 e. The van der Waals surface area contributed by atoms with Crippen LogP contribution in [0.2, 0.25) is 0 Å². The number of rotatable bonds is 2. The predicted octanol–water partition coefficient (Wildman–Crippen LogP) is 3.02. The third-order valence-electron chi connectivity index (χ3n) is 6.20. The Morgan fingerprint density at radius 3 is 1.81 bits per heavy atom. The Bertz CT molecular complexity index is 430. The fourth-order valence-electron chi connectivity index (χ4n) is 4.61. The average molecular weight is 298 g/mol. The summed E-state index contributed by atoms with van der Waals surface area (Å²) in [6.45, 7) is 14.5. The van der Waals surface area contributed by atoms with Crippen molar-refractivity contribution in [3.63, 3.8) is 0 Å². The fraction of sp³-hybridized carbons (Fsp3) is 1.00. The Hall–Kier alpha value is -0.160. The fourth-order valence-corrected chi connectivity index (χ4v) is 4.61. The minimum Gasteiger partial charge on any atom is -0.389 e. The van der Waals surface area contributed by atoms with E-state index in [1.807, 2.05) is 13.8 Å². The second-order valence-corrected chi connectivity index (χ2v) is 8.83.